The number of hydrogen-bond acceptors (Lipinski definition) is 4. The van der Waals surface area contributed by atoms with Gasteiger partial charge in [-0.25, -0.2) is 4.79 Å². The van der Waals surface area contributed by atoms with E-state index in [1.54, 1.807) is 20.8 Å². The number of nitrogens with one attached hydrogen (secondary N) is 2. The van der Waals surface area contributed by atoms with Gasteiger partial charge in [-0.1, -0.05) is 6.92 Å². The molecule has 0 aromatic heterocycles. The van der Waals surface area contributed by atoms with Crippen molar-refractivity contribution in [2.75, 3.05) is 6.54 Å². The quantitative estimate of drug-likeness (QED) is 0.736. The van der Waals surface area contributed by atoms with Crippen LogP contribution in [0.25, 0.3) is 0 Å². The van der Waals surface area contributed by atoms with E-state index in [0.29, 0.717) is 17.5 Å². The van der Waals surface area contributed by atoms with Crippen LogP contribution in [0.2, 0.25) is 0 Å². The van der Waals surface area contributed by atoms with Crippen LogP contribution in [0.15, 0.2) is 24.3 Å². The van der Waals surface area contributed by atoms with Gasteiger partial charge in [0, 0.05) is 23.7 Å². The molecule has 1 unspecified atom stereocenters. The van der Waals surface area contributed by atoms with Crippen molar-refractivity contribution in [2.45, 2.75) is 45.8 Å². The molecular weight excluding hydrogens is 310 g/mol. The van der Waals surface area contributed by atoms with Gasteiger partial charge in [-0.15, -0.1) is 0 Å². The fourth-order valence-electron chi connectivity index (χ4n) is 1.88. The van der Waals surface area contributed by atoms with Crippen LogP contribution < -0.4 is 16.4 Å². The molecule has 0 heterocycles. The SMILES string of the molecule is CCC(CNC(=O)c1ccc(C(N)=O)cc1)NC(=O)OC(C)(C)C. The van der Waals surface area contributed by atoms with Crippen LogP contribution in [0.4, 0.5) is 4.79 Å². The van der Waals surface area contributed by atoms with E-state index in [4.69, 9.17) is 10.5 Å². The molecule has 7 nitrogen and oxygen atoms in total. The third-order valence-corrected chi connectivity index (χ3v) is 3.15. The fourth-order valence-corrected chi connectivity index (χ4v) is 1.88. The van der Waals surface area contributed by atoms with E-state index in [1.165, 1.54) is 24.3 Å². The molecule has 0 fully saturated rings. The number of primary amides is 1. The molecule has 1 aromatic rings. The molecule has 0 saturated heterocycles. The van der Waals surface area contributed by atoms with Gasteiger partial charge >= 0.3 is 6.09 Å². The van der Waals surface area contributed by atoms with Crippen LogP contribution in [0.3, 0.4) is 0 Å². The van der Waals surface area contributed by atoms with Crippen molar-refractivity contribution in [2.24, 2.45) is 5.73 Å². The summed E-state index contributed by atoms with van der Waals surface area (Å²) in [4.78, 5) is 34.9. The van der Waals surface area contributed by atoms with Crippen molar-refractivity contribution in [1.29, 1.82) is 0 Å². The van der Waals surface area contributed by atoms with Gasteiger partial charge in [-0.05, 0) is 51.5 Å². The maximum atomic E-state index is 12.1. The first kappa shape index (κ1) is 19.5. The molecule has 1 atom stereocenters. The van der Waals surface area contributed by atoms with E-state index in [2.05, 4.69) is 10.6 Å². The Kier molecular flexibility index (Phi) is 6.76. The first-order chi connectivity index (χ1) is 11.1. The Hall–Kier alpha value is -2.57. The summed E-state index contributed by atoms with van der Waals surface area (Å²) in [5.74, 6) is -0.843. The highest BCUT2D eigenvalue weighted by Crippen LogP contribution is 2.07. The zero-order chi connectivity index (χ0) is 18.3. The Balaban J connectivity index is 2.54. The van der Waals surface area contributed by atoms with E-state index >= 15 is 0 Å². The molecule has 0 aliphatic carbocycles. The lowest BCUT2D eigenvalue weighted by Gasteiger charge is -2.23. The number of ether oxygens (including phenoxy) is 1. The molecule has 0 spiro atoms. The second kappa shape index (κ2) is 8.33. The van der Waals surface area contributed by atoms with Crippen molar-refractivity contribution >= 4 is 17.9 Å². The van der Waals surface area contributed by atoms with Gasteiger partial charge in [0.1, 0.15) is 5.60 Å². The Morgan fingerprint density at radius 2 is 1.67 bits per heavy atom. The molecular formula is C17H25N3O4. The molecule has 0 saturated carbocycles. The van der Waals surface area contributed by atoms with E-state index in [9.17, 15) is 14.4 Å². The number of rotatable bonds is 6. The monoisotopic (exact) mass is 335 g/mol. The number of carbonyl (C=O) groups excluding carboxylic acids is 3. The van der Waals surface area contributed by atoms with E-state index < -0.39 is 17.6 Å². The molecule has 4 N–H and O–H groups in total. The number of carbonyl (C=O) groups is 3. The Labute approximate surface area is 141 Å². The third-order valence-electron chi connectivity index (χ3n) is 3.15. The van der Waals surface area contributed by atoms with Crippen LogP contribution in [0.5, 0.6) is 0 Å². The van der Waals surface area contributed by atoms with Gasteiger partial charge in [0.25, 0.3) is 5.91 Å². The van der Waals surface area contributed by atoms with Crippen molar-refractivity contribution in [3.8, 4) is 0 Å². The lowest BCUT2D eigenvalue weighted by Crippen LogP contribution is -2.45. The summed E-state index contributed by atoms with van der Waals surface area (Å²) in [6, 6.07) is 5.80. The molecule has 1 rings (SSSR count). The summed E-state index contributed by atoms with van der Waals surface area (Å²) in [7, 11) is 0. The lowest BCUT2D eigenvalue weighted by molar-refractivity contribution is 0.0500. The molecule has 7 heteroatoms. The Bertz CT molecular complexity index is 591. The number of benzene rings is 1. The maximum absolute atomic E-state index is 12.1. The standard InChI is InChI=1S/C17H25N3O4/c1-5-13(20-16(23)24-17(2,3)4)10-19-15(22)12-8-6-11(7-9-12)14(18)21/h6-9,13H,5,10H2,1-4H3,(H2,18,21)(H,19,22)(H,20,23). The third kappa shape index (κ3) is 6.68. The van der Waals surface area contributed by atoms with Crippen LogP contribution in [-0.4, -0.2) is 36.1 Å². The predicted molar refractivity (Wildman–Crippen MR) is 90.7 cm³/mol. The molecule has 24 heavy (non-hydrogen) atoms. The minimum atomic E-state index is -0.576. The van der Waals surface area contributed by atoms with Gasteiger partial charge in [0.05, 0.1) is 0 Å². The topological polar surface area (TPSA) is 111 Å². The van der Waals surface area contributed by atoms with Crippen molar-refractivity contribution < 1.29 is 19.1 Å². The number of amides is 3. The molecule has 3 amide bonds. The molecule has 0 aliphatic heterocycles. The summed E-state index contributed by atoms with van der Waals surface area (Å²) in [5, 5.41) is 5.46. The molecule has 0 radical (unpaired) electrons. The number of alkyl carbamates (subject to hydrolysis) is 1. The highest BCUT2D eigenvalue weighted by Gasteiger charge is 2.19. The summed E-state index contributed by atoms with van der Waals surface area (Å²) in [5.41, 5.74) is 5.33. The zero-order valence-electron chi connectivity index (χ0n) is 14.5. The minimum Gasteiger partial charge on any atom is -0.444 e. The van der Waals surface area contributed by atoms with Gasteiger partial charge in [-0.2, -0.15) is 0 Å². The lowest BCUT2D eigenvalue weighted by atomic mass is 10.1. The summed E-state index contributed by atoms with van der Waals surface area (Å²) in [6.07, 6.45) is 0.120. The summed E-state index contributed by atoms with van der Waals surface area (Å²) in [6.45, 7) is 7.52. The average Bonchev–Trinajstić information content (AvgIpc) is 2.49. The molecule has 0 aliphatic rings. The second-order valence-electron chi connectivity index (χ2n) is 6.40. The van der Waals surface area contributed by atoms with Crippen molar-refractivity contribution in [3.63, 3.8) is 0 Å². The zero-order valence-corrected chi connectivity index (χ0v) is 14.5. The van der Waals surface area contributed by atoms with E-state index in [-0.39, 0.29) is 18.5 Å². The normalized spacial score (nSPS) is 12.2. The molecule has 1 aromatic carbocycles. The first-order valence-electron chi connectivity index (χ1n) is 7.80. The number of nitrogens with two attached hydrogens (primary N) is 1. The average molecular weight is 335 g/mol. The highest BCUT2D eigenvalue weighted by atomic mass is 16.6. The Morgan fingerprint density at radius 1 is 1.12 bits per heavy atom. The molecule has 0 bridgehead atoms. The van der Waals surface area contributed by atoms with E-state index in [1.807, 2.05) is 6.92 Å². The van der Waals surface area contributed by atoms with Crippen LogP contribution in [0.1, 0.15) is 54.8 Å². The highest BCUT2D eigenvalue weighted by molar-refractivity contribution is 5.97. The van der Waals surface area contributed by atoms with Gasteiger partial charge < -0.3 is 21.1 Å². The van der Waals surface area contributed by atoms with Gasteiger partial charge in [0.2, 0.25) is 5.91 Å². The van der Waals surface area contributed by atoms with Crippen LogP contribution in [0, 0.1) is 0 Å². The molecule has 132 valence electrons. The van der Waals surface area contributed by atoms with Crippen LogP contribution in [-0.2, 0) is 4.74 Å². The number of hydrogen-bond donors (Lipinski definition) is 3. The second-order valence-corrected chi connectivity index (χ2v) is 6.40. The fraction of sp³-hybridized carbons (Fsp3) is 0.471. The summed E-state index contributed by atoms with van der Waals surface area (Å²) >= 11 is 0. The Morgan fingerprint density at radius 3 is 2.12 bits per heavy atom. The van der Waals surface area contributed by atoms with Crippen LogP contribution >= 0.6 is 0 Å². The summed E-state index contributed by atoms with van der Waals surface area (Å²) < 4.78 is 5.19. The predicted octanol–water partition coefficient (Wildman–Crippen LogP) is 1.82. The van der Waals surface area contributed by atoms with Gasteiger partial charge in [0.15, 0.2) is 0 Å². The largest absolute Gasteiger partial charge is 0.444 e. The maximum Gasteiger partial charge on any atom is 0.407 e. The smallest absolute Gasteiger partial charge is 0.407 e. The van der Waals surface area contributed by atoms with E-state index in [0.717, 1.165) is 0 Å². The van der Waals surface area contributed by atoms with Crippen molar-refractivity contribution in [1.82, 2.24) is 10.6 Å². The first-order valence-corrected chi connectivity index (χ1v) is 7.80. The van der Waals surface area contributed by atoms with Gasteiger partial charge in [-0.3, -0.25) is 9.59 Å². The minimum absolute atomic E-state index is 0.242. The van der Waals surface area contributed by atoms with Crippen molar-refractivity contribution in [3.05, 3.63) is 35.4 Å².